The van der Waals surface area contributed by atoms with Crippen LogP contribution in [0, 0.1) is 10.1 Å². The summed E-state index contributed by atoms with van der Waals surface area (Å²) in [4.78, 5) is 31.3. The summed E-state index contributed by atoms with van der Waals surface area (Å²) in [6.07, 6.45) is 1.52. The molecule has 1 aromatic rings. The van der Waals surface area contributed by atoms with Crippen LogP contribution in [0.1, 0.15) is 18.9 Å². The number of nitrogens with one attached hydrogen (secondary N) is 1. The van der Waals surface area contributed by atoms with Crippen molar-refractivity contribution in [2.45, 2.75) is 19.8 Å². The maximum absolute atomic E-state index is 10.9. The maximum atomic E-state index is 10.9. The summed E-state index contributed by atoms with van der Waals surface area (Å²) in [5.74, 6) is -0.367. The molecule has 6 nitrogen and oxygen atoms in total. The van der Waals surface area contributed by atoms with E-state index < -0.39 is 4.92 Å². The lowest BCUT2D eigenvalue weighted by atomic mass is 10.1. The van der Waals surface area contributed by atoms with E-state index >= 15 is 0 Å². The van der Waals surface area contributed by atoms with E-state index in [0.29, 0.717) is 18.4 Å². The molecule has 0 bridgehead atoms. The van der Waals surface area contributed by atoms with Crippen LogP contribution in [0.3, 0.4) is 0 Å². The van der Waals surface area contributed by atoms with Gasteiger partial charge in [0.1, 0.15) is 12.0 Å². The molecule has 0 aliphatic heterocycles. The summed E-state index contributed by atoms with van der Waals surface area (Å²) < 4.78 is 0. The minimum absolute atomic E-state index is 0.163. The predicted molar refractivity (Wildman–Crippen MR) is 61.8 cm³/mol. The fourth-order valence-electron chi connectivity index (χ4n) is 1.40. The van der Waals surface area contributed by atoms with Gasteiger partial charge in [0.05, 0.1) is 4.92 Å². The van der Waals surface area contributed by atoms with Crippen LogP contribution in [0.5, 0.6) is 0 Å². The highest BCUT2D eigenvalue weighted by Gasteiger charge is 2.15. The first-order valence-electron chi connectivity index (χ1n) is 5.03. The highest BCUT2D eigenvalue weighted by molar-refractivity contribution is 5.91. The summed E-state index contributed by atoms with van der Waals surface area (Å²) in [5, 5.41) is 13.2. The summed E-state index contributed by atoms with van der Waals surface area (Å²) >= 11 is 0. The van der Waals surface area contributed by atoms with Gasteiger partial charge < -0.3 is 10.1 Å². The van der Waals surface area contributed by atoms with Crippen LogP contribution in [0.4, 0.5) is 11.4 Å². The van der Waals surface area contributed by atoms with Crippen molar-refractivity contribution in [3.05, 3.63) is 33.9 Å². The second-order valence-corrected chi connectivity index (χ2v) is 3.50. The molecule has 0 aliphatic carbocycles. The summed E-state index contributed by atoms with van der Waals surface area (Å²) in [7, 11) is 0. The summed E-state index contributed by atoms with van der Waals surface area (Å²) in [5.41, 5.74) is 0.693. The summed E-state index contributed by atoms with van der Waals surface area (Å²) in [6, 6.07) is 4.50. The molecular formula is C11H12N2O4. The SMILES string of the molecule is CC(=O)Nc1ccc(CCC=O)cc1[N+](=O)[O-]. The number of carbonyl (C=O) groups is 2. The minimum atomic E-state index is -0.560. The molecule has 0 radical (unpaired) electrons. The van der Waals surface area contributed by atoms with Crippen molar-refractivity contribution < 1.29 is 14.5 Å². The fraction of sp³-hybridized carbons (Fsp3) is 0.273. The van der Waals surface area contributed by atoms with Crippen LogP contribution in [-0.2, 0) is 16.0 Å². The number of hydrogen-bond donors (Lipinski definition) is 1. The van der Waals surface area contributed by atoms with Crippen molar-refractivity contribution in [3.8, 4) is 0 Å². The van der Waals surface area contributed by atoms with Gasteiger partial charge in [0.15, 0.2) is 0 Å². The molecule has 1 amide bonds. The monoisotopic (exact) mass is 236 g/mol. The van der Waals surface area contributed by atoms with E-state index in [9.17, 15) is 19.7 Å². The molecule has 1 N–H and O–H groups in total. The van der Waals surface area contributed by atoms with Crippen molar-refractivity contribution in [1.29, 1.82) is 0 Å². The largest absolute Gasteiger partial charge is 0.321 e. The van der Waals surface area contributed by atoms with Crippen LogP contribution in [0.25, 0.3) is 0 Å². The number of amides is 1. The Bertz CT molecular complexity index is 457. The van der Waals surface area contributed by atoms with E-state index in [4.69, 9.17) is 0 Å². The number of aryl methyl sites for hydroxylation is 1. The zero-order chi connectivity index (χ0) is 12.8. The number of nitro groups is 1. The van der Waals surface area contributed by atoms with E-state index in [2.05, 4.69) is 5.32 Å². The number of nitrogens with zero attached hydrogens (tertiary/aromatic N) is 1. The number of hydrogen-bond acceptors (Lipinski definition) is 4. The highest BCUT2D eigenvalue weighted by Crippen LogP contribution is 2.25. The third-order valence-corrected chi connectivity index (χ3v) is 2.12. The Kier molecular flexibility index (Phi) is 4.33. The smallest absolute Gasteiger partial charge is 0.293 e. The molecule has 0 unspecified atom stereocenters. The lowest BCUT2D eigenvalue weighted by Crippen LogP contribution is -2.08. The van der Waals surface area contributed by atoms with Gasteiger partial charge in [-0.3, -0.25) is 14.9 Å². The first kappa shape index (κ1) is 12.8. The molecule has 90 valence electrons. The van der Waals surface area contributed by atoms with Crippen LogP contribution in [0.15, 0.2) is 18.2 Å². The van der Waals surface area contributed by atoms with Crippen LogP contribution in [-0.4, -0.2) is 17.1 Å². The standard InChI is InChI=1S/C11H12N2O4/c1-8(15)12-10-5-4-9(3-2-6-14)7-11(10)13(16)17/h4-7H,2-3H2,1H3,(H,12,15). The van der Waals surface area contributed by atoms with Crippen molar-refractivity contribution >= 4 is 23.6 Å². The number of nitro benzene ring substituents is 1. The lowest BCUT2D eigenvalue weighted by Gasteiger charge is -2.05. The molecule has 0 heterocycles. The van der Waals surface area contributed by atoms with Gasteiger partial charge in [0.25, 0.3) is 5.69 Å². The Labute approximate surface area is 97.8 Å². The average molecular weight is 236 g/mol. The Hall–Kier alpha value is -2.24. The number of benzene rings is 1. The Balaban J connectivity index is 3.03. The quantitative estimate of drug-likeness (QED) is 0.478. The van der Waals surface area contributed by atoms with Gasteiger partial charge in [-0.2, -0.15) is 0 Å². The van der Waals surface area contributed by atoms with Gasteiger partial charge in [-0.15, -0.1) is 0 Å². The first-order chi connectivity index (χ1) is 8.04. The number of aldehydes is 1. The van der Waals surface area contributed by atoms with Crippen molar-refractivity contribution in [2.75, 3.05) is 5.32 Å². The fourth-order valence-corrected chi connectivity index (χ4v) is 1.40. The molecule has 17 heavy (non-hydrogen) atoms. The van der Waals surface area contributed by atoms with Crippen molar-refractivity contribution in [2.24, 2.45) is 0 Å². The van der Waals surface area contributed by atoms with Crippen LogP contribution >= 0.6 is 0 Å². The van der Waals surface area contributed by atoms with E-state index in [1.807, 2.05) is 0 Å². The molecule has 6 heteroatoms. The van der Waals surface area contributed by atoms with Crippen molar-refractivity contribution in [1.82, 2.24) is 0 Å². The second-order valence-electron chi connectivity index (χ2n) is 3.50. The van der Waals surface area contributed by atoms with Crippen LogP contribution < -0.4 is 5.32 Å². The molecule has 1 rings (SSSR count). The zero-order valence-corrected chi connectivity index (χ0v) is 9.30. The van der Waals surface area contributed by atoms with Gasteiger partial charge in [-0.1, -0.05) is 6.07 Å². The molecule has 0 aliphatic rings. The molecule has 1 aromatic carbocycles. The number of rotatable bonds is 5. The van der Waals surface area contributed by atoms with E-state index in [0.717, 1.165) is 6.29 Å². The van der Waals surface area contributed by atoms with Gasteiger partial charge in [-0.05, 0) is 18.1 Å². The first-order valence-corrected chi connectivity index (χ1v) is 5.03. The minimum Gasteiger partial charge on any atom is -0.321 e. The molecule has 0 atom stereocenters. The topological polar surface area (TPSA) is 89.3 Å². The molecular weight excluding hydrogens is 224 g/mol. The van der Waals surface area contributed by atoms with E-state index in [1.165, 1.54) is 19.1 Å². The lowest BCUT2D eigenvalue weighted by molar-refractivity contribution is -0.384. The van der Waals surface area contributed by atoms with E-state index in [1.54, 1.807) is 6.07 Å². The summed E-state index contributed by atoms with van der Waals surface area (Å²) in [6.45, 7) is 1.28. The predicted octanol–water partition coefficient (Wildman–Crippen LogP) is 1.68. The Morgan fingerprint density at radius 1 is 1.53 bits per heavy atom. The van der Waals surface area contributed by atoms with Gasteiger partial charge in [0, 0.05) is 19.4 Å². The normalized spacial score (nSPS) is 9.71. The third kappa shape index (κ3) is 3.67. The van der Waals surface area contributed by atoms with Crippen molar-refractivity contribution in [3.63, 3.8) is 0 Å². The molecule has 0 aromatic heterocycles. The van der Waals surface area contributed by atoms with Crippen LogP contribution in [0.2, 0.25) is 0 Å². The highest BCUT2D eigenvalue weighted by atomic mass is 16.6. The van der Waals surface area contributed by atoms with Gasteiger partial charge in [0.2, 0.25) is 5.91 Å². The van der Waals surface area contributed by atoms with Gasteiger partial charge in [-0.25, -0.2) is 0 Å². The van der Waals surface area contributed by atoms with E-state index in [-0.39, 0.29) is 17.3 Å². The average Bonchev–Trinajstić information content (AvgIpc) is 2.26. The Morgan fingerprint density at radius 3 is 2.76 bits per heavy atom. The Morgan fingerprint density at radius 2 is 2.24 bits per heavy atom. The second kappa shape index (κ2) is 5.74. The molecule has 0 saturated carbocycles. The molecule has 0 fully saturated rings. The number of carbonyl (C=O) groups excluding carboxylic acids is 2. The van der Waals surface area contributed by atoms with Gasteiger partial charge >= 0.3 is 0 Å². The molecule has 0 spiro atoms. The zero-order valence-electron chi connectivity index (χ0n) is 9.30. The molecule has 0 saturated heterocycles. The third-order valence-electron chi connectivity index (χ3n) is 2.12. The number of anilines is 1. The maximum Gasteiger partial charge on any atom is 0.293 e.